The van der Waals surface area contributed by atoms with Crippen LogP contribution in [0.15, 0.2) is 85.1 Å². The maximum absolute atomic E-state index is 10.6. The summed E-state index contributed by atoms with van der Waals surface area (Å²) in [6.45, 7) is 0.482. The maximum atomic E-state index is 10.6. The van der Waals surface area contributed by atoms with Gasteiger partial charge in [0.1, 0.15) is 42.0 Å². The van der Waals surface area contributed by atoms with E-state index in [9.17, 15) is 33.6 Å². The van der Waals surface area contributed by atoms with E-state index in [0.29, 0.717) is 38.6 Å². The Labute approximate surface area is 413 Å². The molecular formula is C45H69N11O14S. The molecule has 4 rings (SSSR count). The summed E-state index contributed by atoms with van der Waals surface area (Å²) in [6.07, 6.45) is 6.39. The van der Waals surface area contributed by atoms with Crippen molar-refractivity contribution < 1.29 is 69.3 Å². The van der Waals surface area contributed by atoms with Gasteiger partial charge in [0.25, 0.3) is 0 Å². The number of nitrogens with two attached hydrogens (primary N) is 8. The molecule has 0 fully saturated rings. The normalized spacial score (nSPS) is 12.5. The minimum Gasteiger partial charge on any atom is -0.508 e. The number of rotatable bonds is 22. The zero-order valence-electron chi connectivity index (χ0n) is 39.1. The number of aliphatic carboxylic acids is 6. The Hall–Kier alpha value is -7.33. The Balaban J connectivity index is 0. The molecule has 0 saturated carbocycles. The fourth-order valence-electron chi connectivity index (χ4n) is 5.01. The lowest BCUT2D eigenvalue weighted by atomic mass is 10.1. The molecule has 0 aliphatic carbocycles. The summed E-state index contributed by atoms with van der Waals surface area (Å²) in [5.41, 5.74) is 45.1. The van der Waals surface area contributed by atoms with E-state index in [1.165, 1.54) is 12.1 Å². The molecular weight excluding hydrogens is 951 g/mol. The average Bonchev–Trinajstić information content (AvgIpc) is 3.72. The molecule has 394 valence electrons. The topological polar surface area (TPSA) is 521 Å². The molecule has 0 aliphatic rings. The lowest BCUT2D eigenvalue weighted by Crippen LogP contribution is -2.34. The number of H-pyrrole nitrogens is 1. The number of amides is 1. The summed E-state index contributed by atoms with van der Waals surface area (Å²) < 4.78 is 0. The number of aromatic hydroxyl groups is 1. The van der Waals surface area contributed by atoms with Crippen LogP contribution in [0.4, 0.5) is 0 Å². The van der Waals surface area contributed by atoms with Crippen LogP contribution in [0.2, 0.25) is 0 Å². The van der Waals surface area contributed by atoms with Crippen LogP contribution in [-0.4, -0.2) is 143 Å². The highest BCUT2D eigenvalue weighted by Crippen LogP contribution is 2.18. The second-order valence-electron chi connectivity index (χ2n) is 15.1. The van der Waals surface area contributed by atoms with Crippen molar-refractivity contribution in [2.45, 2.75) is 87.6 Å². The third-order valence-electron chi connectivity index (χ3n) is 9.05. The van der Waals surface area contributed by atoms with E-state index in [1.54, 1.807) is 23.9 Å². The van der Waals surface area contributed by atoms with Gasteiger partial charge in [0.05, 0.1) is 0 Å². The lowest BCUT2D eigenvalue weighted by molar-refractivity contribution is -0.139. The highest BCUT2D eigenvalue weighted by Gasteiger charge is 2.16. The van der Waals surface area contributed by atoms with E-state index < -0.39 is 78.0 Å². The van der Waals surface area contributed by atoms with Gasteiger partial charge in [-0.2, -0.15) is 11.8 Å². The molecule has 1 aromatic heterocycles. The number of hydrogen-bond donors (Lipinski definition) is 18. The van der Waals surface area contributed by atoms with E-state index in [4.69, 9.17) is 87.0 Å². The summed E-state index contributed by atoms with van der Waals surface area (Å²) in [7, 11) is 0. The Morgan fingerprint density at radius 2 is 1.00 bits per heavy atom. The Morgan fingerprint density at radius 1 is 0.577 bits per heavy atom. The standard InChI is InChI=1S/C11H12N2O2.C9H11NO3.C9H11NO2.C6H14N4O2.C5H10N2O3.C5H11NO2S/c12-9(11(14)15)5-7-6-13-10-4-2-1-3-8(7)10;10-8(9(12)13)5-6-1-3-7(11)4-2-6;10-8(9(11)12)6-7-4-2-1-3-5-7;7-4(5(11)12)2-1-3-10-6(8)9;6-3(5(9)10)1-2-4(7)8;1-9-3-2-4(6)5(7)8/h1-4,6,9,13H,5,12H2,(H,14,15);1-4,8,11H,5,10H2,(H,12,13);1-5,8H,6,10H2,(H,11,12);4H,1-3,7H2,(H,11,12)(H4,8,9,10);3H,1-2,6H2,(H2,7,8)(H,9,10);4H,2-3,6H2,1H3,(H,7,8). The van der Waals surface area contributed by atoms with Crippen molar-refractivity contribution in [3.63, 3.8) is 0 Å². The van der Waals surface area contributed by atoms with Crippen LogP contribution in [0.3, 0.4) is 0 Å². The van der Waals surface area contributed by atoms with Gasteiger partial charge in [-0.15, -0.1) is 0 Å². The zero-order chi connectivity index (χ0) is 54.6. The molecule has 1 amide bonds. The second-order valence-corrected chi connectivity index (χ2v) is 16.0. The van der Waals surface area contributed by atoms with Crippen molar-refractivity contribution in [3.05, 3.63) is 102 Å². The van der Waals surface area contributed by atoms with Crippen molar-refractivity contribution in [2.24, 2.45) is 45.9 Å². The molecule has 26 heteroatoms. The fraction of sp³-hybridized carbons (Fsp3) is 0.378. The van der Waals surface area contributed by atoms with E-state index >= 15 is 0 Å². The Kier molecular flexibility index (Phi) is 34.8. The third kappa shape index (κ3) is 33.8. The molecule has 6 unspecified atom stereocenters. The van der Waals surface area contributed by atoms with Crippen molar-refractivity contribution in [2.75, 3.05) is 18.6 Å². The van der Waals surface area contributed by atoms with Crippen LogP contribution < -0.4 is 51.2 Å². The average molecular weight is 1020 g/mol. The number of aromatic amines is 1. The van der Waals surface area contributed by atoms with E-state index in [0.717, 1.165) is 33.3 Å². The van der Waals surface area contributed by atoms with Gasteiger partial charge in [-0.1, -0.05) is 60.7 Å². The van der Waals surface area contributed by atoms with Crippen LogP contribution >= 0.6 is 11.8 Å². The third-order valence-corrected chi connectivity index (χ3v) is 9.69. The van der Waals surface area contributed by atoms with Crippen molar-refractivity contribution >= 4 is 70.3 Å². The van der Waals surface area contributed by atoms with Crippen LogP contribution in [-0.2, 0) is 52.8 Å². The van der Waals surface area contributed by atoms with Gasteiger partial charge in [0.15, 0.2) is 5.96 Å². The van der Waals surface area contributed by atoms with E-state index in [-0.39, 0.29) is 31.0 Å². The van der Waals surface area contributed by atoms with Crippen molar-refractivity contribution in [1.29, 1.82) is 5.41 Å². The molecule has 6 atom stereocenters. The van der Waals surface area contributed by atoms with E-state index in [2.05, 4.69) is 10.3 Å². The number of carboxylic acid groups (broad SMARTS) is 6. The van der Waals surface area contributed by atoms with Gasteiger partial charge in [-0.25, -0.2) is 0 Å². The molecule has 0 aliphatic heterocycles. The number of carbonyl (C=O) groups is 7. The first-order valence-corrected chi connectivity index (χ1v) is 22.7. The molecule has 0 radical (unpaired) electrons. The number of aromatic nitrogens is 1. The number of nitrogens with one attached hydrogen (secondary N) is 3. The molecule has 0 spiro atoms. The zero-order valence-corrected chi connectivity index (χ0v) is 39.9. The fourth-order valence-corrected chi connectivity index (χ4v) is 5.50. The molecule has 0 saturated heterocycles. The molecule has 25 nitrogen and oxygen atoms in total. The maximum Gasteiger partial charge on any atom is 0.320 e. The summed E-state index contributed by atoms with van der Waals surface area (Å²) in [6, 6.07) is 18.4. The number of carbonyl (C=O) groups excluding carboxylic acids is 1. The SMILES string of the molecule is CSCCC(N)C(=O)O.N=C(N)NCCCC(N)C(=O)O.NC(=O)CCC(N)C(=O)O.NC(Cc1c[nH]c2ccccc12)C(=O)O.NC(Cc1ccc(O)cc1)C(=O)O.NC(Cc1ccccc1)C(=O)O. The highest BCUT2D eigenvalue weighted by molar-refractivity contribution is 7.98. The van der Waals surface area contributed by atoms with Crippen molar-refractivity contribution in [3.8, 4) is 5.75 Å². The largest absolute Gasteiger partial charge is 0.508 e. The quantitative estimate of drug-likeness (QED) is 0.0270. The number of guanidine groups is 1. The van der Waals surface area contributed by atoms with Crippen LogP contribution in [0.5, 0.6) is 5.75 Å². The summed E-state index contributed by atoms with van der Waals surface area (Å²) in [4.78, 5) is 74.9. The first-order valence-electron chi connectivity index (χ1n) is 21.4. The monoisotopic (exact) mass is 1020 g/mol. The summed E-state index contributed by atoms with van der Waals surface area (Å²) >= 11 is 1.60. The number of phenolic OH excluding ortho intramolecular Hbond substituents is 1. The summed E-state index contributed by atoms with van der Waals surface area (Å²) in [5, 5.41) is 70.0. The molecule has 0 bridgehead atoms. The number of thioether (sulfide) groups is 1. The number of carboxylic acids is 6. The smallest absolute Gasteiger partial charge is 0.320 e. The van der Waals surface area contributed by atoms with Gasteiger partial charge in [0, 0.05) is 36.5 Å². The Bertz CT molecular complexity index is 2220. The van der Waals surface area contributed by atoms with Gasteiger partial charge in [-0.3, -0.25) is 39.0 Å². The first kappa shape index (κ1) is 65.8. The number of phenols is 1. The van der Waals surface area contributed by atoms with Crippen molar-refractivity contribution in [1.82, 2.24) is 10.3 Å². The number of fused-ring (bicyclic) bond motifs is 1. The molecule has 1 heterocycles. The Morgan fingerprint density at radius 3 is 1.45 bits per heavy atom. The van der Waals surface area contributed by atoms with Gasteiger partial charge in [0.2, 0.25) is 5.91 Å². The number of para-hydroxylation sites is 1. The van der Waals surface area contributed by atoms with Crippen LogP contribution in [0.25, 0.3) is 10.9 Å². The molecule has 26 N–H and O–H groups in total. The first-order chi connectivity index (χ1) is 33.2. The van der Waals surface area contributed by atoms with Crippen LogP contribution in [0.1, 0.15) is 48.8 Å². The van der Waals surface area contributed by atoms with Gasteiger partial charge < -0.3 is 91.9 Å². The lowest BCUT2D eigenvalue weighted by Gasteiger charge is -2.06. The molecule has 71 heavy (non-hydrogen) atoms. The van der Waals surface area contributed by atoms with Crippen LogP contribution in [0, 0.1) is 5.41 Å². The number of benzene rings is 3. The van der Waals surface area contributed by atoms with E-state index in [1.807, 2.05) is 67.0 Å². The minimum atomic E-state index is -1.11. The highest BCUT2D eigenvalue weighted by atomic mass is 32.2. The molecule has 4 aromatic rings. The van der Waals surface area contributed by atoms with Gasteiger partial charge in [-0.05, 0) is 85.4 Å². The summed E-state index contributed by atoms with van der Waals surface area (Å²) in [5.74, 6) is -5.65. The number of hydrogen-bond acceptors (Lipinski definition) is 16. The minimum absolute atomic E-state index is 0.0213. The predicted molar refractivity (Wildman–Crippen MR) is 268 cm³/mol. The molecule has 3 aromatic carbocycles. The van der Waals surface area contributed by atoms with Gasteiger partial charge >= 0.3 is 35.8 Å². The number of primary amides is 1. The second kappa shape index (κ2) is 37.6. The predicted octanol–water partition coefficient (Wildman–Crippen LogP) is -0.413.